The molecule has 0 aliphatic carbocycles. The van der Waals surface area contributed by atoms with Crippen LogP contribution in [0.5, 0.6) is 0 Å². The van der Waals surface area contributed by atoms with E-state index in [4.69, 9.17) is 6.57 Å². The Balaban J connectivity index is 2.97. The molecular weight excluding hydrogens is 245 g/mol. The van der Waals surface area contributed by atoms with E-state index >= 15 is 0 Å². The summed E-state index contributed by atoms with van der Waals surface area (Å²) in [7, 11) is 0. The van der Waals surface area contributed by atoms with Gasteiger partial charge in [-0.3, -0.25) is 4.85 Å². The fraction of sp³-hybridized carbons (Fsp3) is 0.417. The van der Waals surface area contributed by atoms with Gasteiger partial charge in [-0.05, 0) is 5.56 Å². The van der Waals surface area contributed by atoms with Gasteiger partial charge >= 0.3 is 11.8 Å². The molecule has 0 aliphatic heterocycles. The van der Waals surface area contributed by atoms with Crippen LogP contribution < -0.4 is 5.32 Å². The minimum Gasteiger partial charge on any atom is -0.394 e. The first kappa shape index (κ1) is 14.5. The van der Waals surface area contributed by atoms with Gasteiger partial charge in [-0.1, -0.05) is 30.3 Å². The number of nitrogens with one attached hydrogen (secondary N) is 1. The van der Waals surface area contributed by atoms with Gasteiger partial charge in [-0.2, -0.15) is 13.2 Å². The summed E-state index contributed by atoms with van der Waals surface area (Å²) in [6.07, 6.45) is -4.71. The fourth-order valence-corrected chi connectivity index (χ4v) is 1.44. The molecule has 6 heteroatoms. The van der Waals surface area contributed by atoms with Crippen molar-refractivity contribution in [3.8, 4) is 0 Å². The smallest absolute Gasteiger partial charge is 0.394 e. The topological polar surface area (TPSA) is 36.6 Å². The predicted molar refractivity (Wildman–Crippen MR) is 60.5 cm³/mol. The fourth-order valence-electron chi connectivity index (χ4n) is 1.44. The molecule has 0 spiro atoms. The Labute approximate surface area is 103 Å². The van der Waals surface area contributed by atoms with Gasteiger partial charge in [0.1, 0.15) is 0 Å². The molecular formula is C12H13F3N2O. The summed E-state index contributed by atoms with van der Waals surface area (Å²) in [4.78, 5) is 2.61. The Kier molecular flexibility index (Phi) is 4.33. The number of hydrogen-bond acceptors (Lipinski definition) is 2. The molecule has 1 aromatic rings. The van der Waals surface area contributed by atoms with Crippen LogP contribution in [0.2, 0.25) is 0 Å². The number of alkyl halides is 3. The molecule has 1 aromatic carbocycles. The highest BCUT2D eigenvalue weighted by Gasteiger charge is 2.59. The normalized spacial score (nSPS) is 16.7. The second-order valence-electron chi connectivity index (χ2n) is 3.97. The third-order valence-corrected chi connectivity index (χ3v) is 2.62. The lowest BCUT2D eigenvalue weighted by molar-refractivity contribution is -0.180. The van der Waals surface area contributed by atoms with Gasteiger partial charge in [-0.25, -0.2) is 11.9 Å². The lowest BCUT2D eigenvalue weighted by Gasteiger charge is -2.26. The van der Waals surface area contributed by atoms with Crippen molar-refractivity contribution in [3.05, 3.63) is 47.3 Å². The Bertz CT molecular complexity index is 427. The van der Waals surface area contributed by atoms with E-state index in [9.17, 15) is 18.3 Å². The van der Waals surface area contributed by atoms with E-state index in [1.165, 1.54) is 0 Å². The Morgan fingerprint density at radius 2 is 1.89 bits per heavy atom. The number of rotatable bonds is 4. The third-order valence-electron chi connectivity index (χ3n) is 2.62. The number of hydrogen-bond donors (Lipinski definition) is 2. The van der Waals surface area contributed by atoms with Crippen molar-refractivity contribution in [2.45, 2.75) is 24.8 Å². The van der Waals surface area contributed by atoms with Crippen molar-refractivity contribution in [3.63, 3.8) is 0 Å². The maximum absolute atomic E-state index is 12.8. The predicted octanol–water partition coefficient (Wildman–Crippen LogP) is 2.51. The van der Waals surface area contributed by atoms with Gasteiger partial charge in [-0.15, -0.1) is 0 Å². The van der Waals surface area contributed by atoms with Crippen molar-refractivity contribution in [1.82, 2.24) is 5.32 Å². The molecule has 0 aromatic heterocycles. The first-order valence-electron chi connectivity index (χ1n) is 5.23. The first-order chi connectivity index (χ1) is 8.34. The molecule has 3 nitrogen and oxygen atoms in total. The minimum absolute atomic E-state index is 0.499. The second-order valence-corrected chi connectivity index (χ2v) is 3.97. The third kappa shape index (κ3) is 3.00. The maximum atomic E-state index is 12.8. The zero-order valence-corrected chi connectivity index (χ0v) is 9.70. The zero-order valence-electron chi connectivity index (χ0n) is 9.70. The number of benzene rings is 1. The molecule has 0 aliphatic rings. The van der Waals surface area contributed by atoms with Crippen LogP contribution in [0, 0.1) is 6.57 Å². The SMILES string of the molecule is [C-]#[N+][C@@](C)(N[C@@H](CO)c1ccccc1)C(F)(F)F. The molecule has 2 atom stereocenters. The Hall–Kier alpha value is -1.58. The molecule has 98 valence electrons. The largest absolute Gasteiger partial charge is 0.484 e. The zero-order chi connectivity index (χ0) is 13.8. The van der Waals surface area contributed by atoms with Gasteiger partial charge in [0.05, 0.1) is 12.6 Å². The summed E-state index contributed by atoms with van der Waals surface area (Å²) in [6, 6.07) is 7.27. The lowest BCUT2D eigenvalue weighted by atomic mass is 10.0. The van der Waals surface area contributed by atoms with Crippen LogP contribution in [0.25, 0.3) is 4.85 Å². The average Bonchev–Trinajstić information content (AvgIpc) is 2.35. The lowest BCUT2D eigenvalue weighted by Crippen LogP contribution is -2.53. The molecule has 1 rings (SSSR count). The van der Waals surface area contributed by atoms with Crippen molar-refractivity contribution in [2.24, 2.45) is 0 Å². The number of aliphatic hydroxyl groups is 1. The number of halogens is 3. The van der Waals surface area contributed by atoms with Crippen LogP contribution >= 0.6 is 0 Å². The van der Waals surface area contributed by atoms with Crippen LogP contribution in [0.1, 0.15) is 18.5 Å². The van der Waals surface area contributed by atoms with Crippen LogP contribution in [0.15, 0.2) is 30.3 Å². The van der Waals surface area contributed by atoms with Crippen molar-refractivity contribution >= 4 is 0 Å². The van der Waals surface area contributed by atoms with Crippen LogP contribution in [-0.2, 0) is 0 Å². The second kappa shape index (κ2) is 5.38. The number of nitrogens with zero attached hydrogens (tertiary/aromatic N) is 1. The van der Waals surface area contributed by atoms with Gasteiger partial charge < -0.3 is 5.11 Å². The van der Waals surface area contributed by atoms with Gasteiger partial charge in [0.25, 0.3) is 0 Å². The van der Waals surface area contributed by atoms with Crippen LogP contribution in [-0.4, -0.2) is 23.6 Å². The standard InChI is InChI=1S/C12H13F3N2O/c1-11(16-2,12(13,14)15)17-10(8-18)9-6-4-3-5-7-9/h3-7,10,17-18H,8H2,1H3/t10-,11-/m0/s1. The average molecular weight is 258 g/mol. The summed E-state index contributed by atoms with van der Waals surface area (Å²) in [5.74, 6) is 0. The molecule has 0 bridgehead atoms. The highest BCUT2D eigenvalue weighted by Crippen LogP contribution is 2.33. The molecule has 0 heterocycles. The van der Waals surface area contributed by atoms with E-state index in [2.05, 4.69) is 10.2 Å². The van der Waals surface area contributed by atoms with E-state index in [0.717, 1.165) is 6.92 Å². The molecule has 0 fully saturated rings. The first-order valence-corrected chi connectivity index (χ1v) is 5.23. The summed E-state index contributed by atoms with van der Waals surface area (Å²) in [6.45, 7) is 6.94. The summed E-state index contributed by atoms with van der Waals surface area (Å²) in [5, 5.41) is 11.3. The van der Waals surface area contributed by atoms with Crippen molar-refractivity contribution in [2.75, 3.05) is 6.61 Å². The van der Waals surface area contributed by atoms with Crippen LogP contribution in [0.4, 0.5) is 13.2 Å². The summed E-state index contributed by atoms with van der Waals surface area (Å²) < 4.78 is 38.3. The molecule has 0 amide bonds. The molecule has 0 saturated carbocycles. The van der Waals surface area contributed by atoms with Crippen molar-refractivity contribution in [1.29, 1.82) is 0 Å². The summed E-state index contributed by atoms with van der Waals surface area (Å²) in [5.41, 5.74) is -2.21. The van der Waals surface area contributed by atoms with Crippen molar-refractivity contribution < 1.29 is 18.3 Å². The highest BCUT2D eigenvalue weighted by molar-refractivity contribution is 5.20. The Morgan fingerprint density at radius 1 is 1.33 bits per heavy atom. The Morgan fingerprint density at radius 3 is 2.28 bits per heavy atom. The van der Waals surface area contributed by atoms with Gasteiger partial charge in [0, 0.05) is 6.92 Å². The molecule has 0 saturated heterocycles. The van der Waals surface area contributed by atoms with Gasteiger partial charge in [0.2, 0.25) is 0 Å². The van der Waals surface area contributed by atoms with Crippen LogP contribution in [0.3, 0.4) is 0 Å². The molecule has 0 radical (unpaired) electrons. The van der Waals surface area contributed by atoms with E-state index in [1.54, 1.807) is 30.3 Å². The summed E-state index contributed by atoms with van der Waals surface area (Å²) >= 11 is 0. The minimum atomic E-state index is -4.71. The maximum Gasteiger partial charge on any atom is 0.484 e. The van der Waals surface area contributed by atoms with E-state index in [1.807, 2.05) is 0 Å². The molecule has 18 heavy (non-hydrogen) atoms. The highest BCUT2D eigenvalue weighted by atomic mass is 19.4. The quantitative estimate of drug-likeness (QED) is 0.814. The molecule has 0 unspecified atom stereocenters. The van der Waals surface area contributed by atoms with E-state index < -0.39 is 24.5 Å². The van der Waals surface area contributed by atoms with E-state index in [0.29, 0.717) is 5.56 Å². The van der Waals surface area contributed by atoms with Gasteiger partial charge in [0.15, 0.2) is 0 Å². The number of aliphatic hydroxyl groups excluding tert-OH is 1. The van der Waals surface area contributed by atoms with E-state index in [-0.39, 0.29) is 0 Å². The monoisotopic (exact) mass is 258 g/mol. The molecule has 2 N–H and O–H groups in total.